The van der Waals surface area contributed by atoms with Crippen LogP contribution in [0.3, 0.4) is 0 Å². The molecule has 0 spiro atoms. The van der Waals surface area contributed by atoms with Crippen molar-refractivity contribution in [2.24, 2.45) is 5.92 Å². The molecule has 2 aromatic rings. The van der Waals surface area contributed by atoms with Gasteiger partial charge in [-0.1, -0.05) is 31.3 Å². The fourth-order valence-corrected chi connectivity index (χ4v) is 3.57. The van der Waals surface area contributed by atoms with Crippen LogP contribution in [0.2, 0.25) is 0 Å². The van der Waals surface area contributed by atoms with E-state index in [9.17, 15) is 13.2 Å². The highest BCUT2D eigenvalue weighted by Gasteiger charge is 2.16. The van der Waals surface area contributed by atoms with E-state index in [1.165, 1.54) is 23.5 Å². The van der Waals surface area contributed by atoms with Crippen LogP contribution in [0.25, 0.3) is 0 Å². The van der Waals surface area contributed by atoms with Crippen LogP contribution in [0, 0.1) is 12.8 Å². The number of nitrogens with one attached hydrogen (secondary N) is 1. The second-order valence-corrected chi connectivity index (χ2v) is 8.88. The molecule has 0 radical (unpaired) electrons. The molecular weight excluding hydrogens is 334 g/mol. The molecule has 8 heteroatoms. The molecule has 0 saturated carbocycles. The number of carbonyl (C=O) groups is 1. The number of sulfone groups is 1. The van der Waals surface area contributed by atoms with Gasteiger partial charge in [-0.25, -0.2) is 8.42 Å². The van der Waals surface area contributed by atoms with E-state index >= 15 is 0 Å². The molecule has 1 heterocycles. The van der Waals surface area contributed by atoms with Crippen molar-refractivity contribution in [1.29, 1.82) is 0 Å². The third-order valence-electron chi connectivity index (χ3n) is 3.15. The van der Waals surface area contributed by atoms with Gasteiger partial charge in [-0.2, -0.15) is 0 Å². The van der Waals surface area contributed by atoms with E-state index < -0.39 is 9.84 Å². The Morgan fingerprint density at radius 2 is 2.00 bits per heavy atom. The number of nitrogens with zero attached hydrogens (tertiary/aromatic N) is 2. The summed E-state index contributed by atoms with van der Waals surface area (Å²) in [5.41, 5.74) is 1.01. The first-order valence-electron chi connectivity index (χ1n) is 7.11. The lowest BCUT2D eigenvalue weighted by Gasteiger charge is -2.07. The molecule has 2 rings (SSSR count). The van der Waals surface area contributed by atoms with Crippen LogP contribution in [0.5, 0.6) is 0 Å². The summed E-state index contributed by atoms with van der Waals surface area (Å²) in [4.78, 5) is 12.5. The van der Waals surface area contributed by atoms with Crippen molar-refractivity contribution < 1.29 is 13.2 Å². The van der Waals surface area contributed by atoms with Gasteiger partial charge in [-0.05, 0) is 30.5 Å². The monoisotopic (exact) mass is 353 g/mol. The average molecular weight is 353 g/mol. The highest BCUT2D eigenvalue weighted by Crippen LogP contribution is 2.21. The maximum Gasteiger partial charge on any atom is 0.257 e. The summed E-state index contributed by atoms with van der Waals surface area (Å²) in [6, 6.07) is 4.50. The fraction of sp³-hybridized carbons (Fsp3) is 0.400. The van der Waals surface area contributed by atoms with Crippen molar-refractivity contribution in [2.45, 2.75) is 32.1 Å². The average Bonchev–Trinajstić information content (AvgIpc) is 2.84. The lowest BCUT2D eigenvalue weighted by molar-refractivity contribution is 0.102. The van der Waals surface area contributed by atoms with Crippen LogP contribution in [0.15, 0.2) is 23.1 Å². The molecule has 1 N–H and O–H groups in total. The van der Waals surface area contributed by atoms with E-state index in [0.717, 1.165) is 17.7 Å². The van der Waals surface area contributed by atoms with Crippen LogP contribution in [0.4, 0.5) is 5.13 Å². The molecule has 124 valence electrons. The predicted octanol–water partition coefficient (Wildman–Crippen LogP) is 2.70. The molecule has 0 fully saturated rings. The summed E-state index contributed by atoms with van der Waals surface area (Å²) in [6.45, 7) is 5.92. The Kier molecular flexibility index (Phi) is 5.16. The van der Waals surface area contributed by atoms with Crippen LogP contribution < -0.4 is 5.32 Å². The van der Waals surface area contributed by atoms with Gasteiger partial charge in [0.05, 0.1) is 4.90 Å². The predicted molar refractivity (Wildman–Crippen MR) is 90.7 cm³/mol. The van der Waals surface area contributed by atoms with Gasteiger partial charge in [0.2, 0.25) is 5.13 Å². The Morgan fingerprint density at radius 1 is 1.30 bits per heavy atom. The molecule has 0 atom stereocenters. The van der Waals surface area contributed by atoms with Gasteiger partial charge in [0, 0.05) is 18.2 Å². The summed E-state index contributed by atoms with van der Waals surface area (Å²) >= 11 is 1.33. The first-order valence-corrected chi connectivity index (χ1v) is 9.82. The third kappa shape index (κ3) is 4.59. The molecule has 0 aliphatic rings. The number of benzene rings is 1. The van der Waals surface area contributed by atoms with Crippen LogP contribution in [-0.4, -0.2) is 30.8 Å². The number of carbonyl (C=O) groups excluding carboxylic acids is 1. The molecule has 0 aliphatic heterocycles. The second-order valence-electron chi connectivity index (χ2n) is 5.80. The second kappa shape index (κ2) is 6.76. The summed E-state index contributed by atoms with van der Waals surface area (Å²) in [6.07, 6.45) is 1.92. The minimum absolute atomic E-state index is 0.117. The topological polar surface area (TPSA) is 89.0 Å². The molecule has 0 unspecified atom stereocenters. The first-order chi connectivity index (χ1) is 10.7. The number of aromatic nitrogens is 2. The zero-order valence-corrected chi connectivity index (χ0v) is 15.1. The van der Waals surface area contributed by atoms with Gasteiger partial charge < -0.3 is 0 Å². The normalized spacial score (nSPS) is 11.7. The standard InChI is InChI=1S/C15H19N3O3S2/c1-9(2)7-13-17-18-15(22-13)16-14(19)12-8-11(23(4,20)21)6-5-10(12)3/h5-6,8-9H,7H2,1-4H3,(H,16,18,19). The summed E-state index contributed by atoms with van der Waals surface area (Å²) < 4.78 is 23.3. The zero-order chi connectivity index (χ0) is 17.2. The quantitative estimate of drug-likeness (QED) is 0.893. The van der Waals surface area contributed by atoms with Gasteiger partial charge in [-0.3, -0.25) is 10.1 Å². The summed E-state index contributed by atoms with van der Waals surface area (Å²) in [5, 5.41) is 11.9. The van der Waals surface area contributed by atoms with Crippen LogP contribution in [-0.2, 0) is 16.3 Å². The van der Waals surface area contributed by atoms with Crippen molar-refractivity contribution in [3.05, 3.63) is 34.3 Å². The van der Waals surface area contributed by atoms with Crippen molar-refractivity contribution in [3.63, 3.8) is 0 Å². The van der Waals surface area contributed by atoms with E-state index in [0.29, 0.717) is 22.2 Å². The number of hydrogen-bond acceptors (Lipinski definition) is 6. The van der Waals surface area contributed by atoms with E-state index in [1.807, 2.05) is 0 Å². The minimum atomic E-state index is -3.36. The van der Waals surface area contributed by atoms with Crippen molar-refractivity contribution in [1.82, 2.24) is 10.2 Å². The first kappa shape index (κ1) is 17.6. The van der Waals surface area contributed by atoms with E-state index in [1.54, 1.807) is 13.0 Å². The Labute approximate surface area is 139 Å². The Balaban J connectivity index is 2.22. The highest BCUT2D eigenvalue weighted by molar-refractivity contribution is 7.90. The highest BCUT2D eigenvalue weighted by atomic mass is 32.2. The maximum atomic E-state index is 12.4. The Hall–Kier alpha value is -1.80. The van der Waals surface area contributed by atoms with Crippen LogP contribution in [0.1, 0.15) is 34.8 Å². The smallest absolute Gasteiger partial charge is 0.257 e. The van der Waals surface area contributed by atoms with Gasteiger partial charge in [0.25, 0.3) is 5.91 Å². The van der Waals surface area contributed by atoms with Gasteiger partial charge in [0.15, 0.2) is 9.84 Å². The van der Waals surface area contributed by atoms with E-state index in [4.69, 9.17) is 0 Å². The Morgan fingerprint density at radius 3 is 2.61 bits per heavy atom. The molecule has 1 aromatic heterocycles. The fourth-order valence-electron chi connectivity index (χ4n) is 1.98. The summed E-state index contributed by atoms with van der Waals surface area (Å²) in [7, 11) is -3.36. The SMILES string of the molecule is Cc1ccc(S(C)(=O)=O)cc1C(=O)Nc1nnc(CC(C)C)s1. The maximum absolute atomic E-state index is 12.4. The largest absolute Gasteiger partial charge is 0.296 e. The lowest BCUT2D eigenvalue weighted by atomic mass is 10.1. The molecule has 0 saturated heterocycles. The zero-order valence-electron chi connectivity index (χ0n) is 13.5. The van der Waals surface area contributed by atoms with Crippen molar-refractivity contribution in [3.8, 4) is 0 Å². The van der Waals surface area contributed by atoms with Gasteiger partial charge in [-0.15, -0.1) is 10.2 Å². The summed E-state index contributed by atoms with van der Waals surface area (Å²) in [5.74, 6) is 0.0698. The third-order valence-corrected chi connectivity index (χ3v) is 5.12. The van der Waals surface area contributed by atoms with E-state index in [2.05, 4.69) is 29.4 Å². The lowest BCUT2D eigenvalue weighted by Crippen LogP contribution is -2.14. The number of rotatable bonds is 5. The number of hydrogen-bond donors (Lipinski definition) is 1. The molecule has 6 nitrogen and oxygen atoms in total. The van der Waals surface area contributed by atoms with Crippen molar-refractivity contribution in [2.75, 3.05) is 11.6 Å². The van der Waals surface area contributed by atoms with Crippen molar-refractivity contribution >= 4 is 32.2 Å². The Bertz CT molecular complexity index is 826. The number of amides is 1. The minimum Gasteiger partial charge on any atom is -0.296 e. The molecular formula is C15H19N3O3S2. The molecule has 23 heavy (non-hydrogen) atoms. The molecule has 0 bridgehead atoms. The van der Waals surface area contributed by atoms with Gasteiger partial charge >= 0.3 is 0 Å². The number of aryl methyl sites for hydroxylation is 1. The van der Waals surface area contributed by atoms with Gasteiger partial charge in [0.1, 0.15) is 5.01 Å². The molecule has 1 aromatic carbocycles. The van der Waals surface area contributed by atoms with E-state index in [-0.39, 0.29) is 10.8 Å². The molecule has 1 amide bonds. The molecule has 0 aliphatic carbocycles. The number of anilines is 1. The van der Waals surface area contributed by atoms with Crippen LogP contribution >= 0.6 is 11.3 Å².